The van der Waals surface area contributed by atoms with Gasteiger partial charge in [0, 0.05) is 12.4 Å². The maximum atomic E-state index is 12.7. The van der Waals surface area contributed by atoms with Crippen LogP contribution in [-0.2, 0) is 0 Å². The van der Waals surface area contributed by atoms with Gasteiger partial charge < -0.3 is 15.0 Å². The van der Waals surface area contributed by atoms with Crippen molar-refractivity contribution in [1.82, 2.24) is 19.9 Å². The molecule has 4 aromatic rings. The normalized spacial score (nSPS) is 10.9. The second-order valence-corrected chi connectivity index (χ2v) is 6.04. The van der Waals surface area contributed by atoms with Gasteiger partial charge in [-0.2, -0.15) is 8.78 Å². The first-order valence-electron chi connectivity index (χ1n) is 8.67. The highest BCUT2D eigenvalue weighted by molar-refractivity contribution is 6.07. The lowest BCUT2D eigenvalue weighted by Crippen LogP contribution is -2.16. The number of aromatic amines is 1. The smallest absolute Gasteiger partial charge is 0.387 e. The van der Waals surface area contributed by atoms with Crippen LogP contribution in [0.3, 0.4) is 0 Å². The molecule has 2 heterocycles. The highest BCUT2D eigenvalue weighted by atomic mass is 19.3. The van der Waals surface area contributed by atoms with Gasteiger partial charge in [0.2, 0.25) is 0 Å². The Hall–Kier alpha value is -4.21. The topological polar surface area (TPSA) is 110 Å². The molecule has 8 nitrogen and oxygen atoms in total. The van der Waals surface area contributed by atoms with E-state index in [0.717, 1.165) is 0 Å². The van der Waals surface area contributed by atoms with Crippen molar-refractivity contribution in [3.63, 3.8) is 0 Å². The molecule has 10 heteroatoms. The minimum Gasteiger partial charge on any atom is -0.434 e. The number of alkyl halides is 2. The largest absolute Gasteiger partial charge is 0.434 e. The molecule has 0 radical (unpaired) electrons. The van der Waals surface area contributed by atoms with E-state index >= 15 is 0 Å². The van der Waals surface area contributed by atoms with E-state index in [1.807, 2.05) is 0 Å². The molecule has 2 aromatic heterocycles. The Bertz CT molecular complexity index is 1280. The summed E-state index contributed by atoms with van der Waals surface area (Å²) in [5, 5.41) is 2.86. The molecule has 1 amide bonds. The van der Waals surface area contributed by atoms with Crippen molar-refractivity contribution in [2.24, 2.45) is 0 Å². The number of ether oxygens (including phenoxy) is 1. The van der Waals surface area contributed by atoms with Gasteiger partial charge in [0.05, 0.1) is 22.8 Å². The van der Waals surface area contributed by atoms with Crippen molar-refractivity contribution >= 4 is 22.5 Å². The van der Waals surface area contributed by atoms with Gasteiger partial charge in [-0.05, 0) is 24.3 Å². The third-order valence-electron chi connectivity index (χ3n) is 4.14. The summed E-state index contributed by atoms with van der Waals surface area (Å²) < 4.78 is 30.0. The lowest BCUT2D eigenvalue weighted by molar-refractivity contribution is -0.0494. The molecule has 0 aliphatic rings. The lowest BCUT2D eigenvalue weighted by Gasteiger charge is -2.12. The number of benzene rings is 2. The first-order valence-corrected chi connectivity index (χ1v) is 8.67. The number of halogens is 2. The van der Waals surface area contributed by atoms with Crippen molar-refractivity contribution in [1.29, 1.82) is 0 Å². The number of rotatable bonds is 5. The lowest BCUT2D eigenvalue weighted by atomic mass is 10.1. The molecular formula is C20H13F2N5O3. The molecule has 0 fully saturated rings. The summed E-state index contributed by atoms with van der Waals surface area (Å²) in [6, 6.07) is 10.6. The molecule has 2 N–H and O–H groups in total. The predicted octanol–water partition coefficient (Wildman–Crippen LogP) is 3.23. The van der Waals surface area contributed by atoms with Crippen LogP contribution in [0.25, 0.3) is 22.3 Å². The van der Waals surface area contributed by atoms with Crippen molar-refractivity contribution in [2.75, 3.05) is 5.32 Å². The van der Waals surface area contributed by atoms with Gasteiger partial charge in [0.1, 0.15) is 22.8 Å². The second kappa shape index (κ2) is 8.03. The zero-order valence-corrected chi connectivity index (χ0v) is 15.2. The Morgan fingerprint density at radius 2 is 1.93 bits per heavy atom. The van der Waals surface area contributed by atoms with Gasteiger partial charge >= 0.3 is 6.61 Å². The number of carbonyl (C=O) groups excluding carboxylic acids is 1. The van der Waals surface area contributed by atoms with E-state index in [2.05, 4.69) is 30.0 Å². The zero-order valence-electron chi connectivity index (χ0n) is 15.2. The SMILES string of the molecule is O=C(Nc1cccc2c(=O)[nH]c(-c3ccccc3OC(F)F)nc12)c1cnccn1. The molecule has 0 saturated carbocycles. The van der Waals surface area contributed by atoms with E-state index in [0.29, 0.717) is 0 Å². The van der Waals surface area contributed by atoms with E-state index in [1.165, 1.54) is 42.9 Å². The third-order valence-corrected chi connectivity index (χ3v) is 4.14. The predicted molar refractivity (Wildman–Crippen MR) is 104 cm³/mol. The number of hydrogen-bond acceptors (Lipinski definition) is 6. The van der Waals surface area contributed by atoms with Crippen LogP contribution in [0.4, 0.5) is 14.5 Å². The van der Waals surface area contributed by atoms with Crippen LogP contribution in [0.15, 0.2) is 65.8 Å². The summed E-state index contributed by atoms with van der Waals surface area (Å²) in [6.07, 6.45) is 4.10. The molecule has 4 rings (SSSR count). The monoisotopic (exact) mass is 409 g/mol. The Kier molecular flexibility index (Phi) is 5.12. The first kappa shape index (κ1) is 19.1. The molecule has 0 saturated heterocycles. The molecule has 150 valence electrons. The van der Waals surface area contributed by atoms with Gasteiger partial charge in [0.25, 0.3) is 11.5 Å². The minimum absolute atomic E-state index is 0.0185. The molecule has 0 unspecified atom stereocenters. The van der Waals surface area contributed by atoms with Crippen LogP contribution >= 0.6 is 0 Å². The summed E-state index contributed by atoms with van der Waals surface area (Å²) in [5.74, 6) is -0.665. The highest BCUT2D eigenvalue weighted by Gasteiger charge is 2.16. The van der Waals surface area contributed by atoms with E-state index in [9.17, 15) is 18.4 Å². The summed E-state index contributed by atoms with van der Waals surface area (Å²) >= 11 is 0. The average Bonchev–Trinajstić information content (AvgIpc) is 2.75. The second-order valence-electron chi connectivity index (χ2n) is 6.04. The summed E-state index contributed by atoms with van der Waals surface area (Å²) in [6.45, 7) is -3.04. The number of anilines is 1. The van der Waals surface area contributed by atoms with Crippen LogP contribution in [-0.4, -0.2) is 32.5 Å². The van der Waals surface area contributed by atoms with Crippen molar-refractivity contribution in [3.8, 4) is 17.1 Å². The van der Waals surface area contributed by atoms with Crippen LogP contribution in [0.1, 0.15) is 10.5 Å². The maximum Gasteiger partial charge on any atom is 0.387 e. The van der Waals surface area contributed by atoms with Gasteiger partial charge in [0.15, 0.2) is 0 Å². The number of H-pyrrole nitrogens is 1. The number of carbonyl (C=O) groups is 1. The fourth-order valence-electron chi connectivity index (χ4n) is 2.85. The van der Waals surface area contributed by atoms with Crippen molar-refractivity contribution < 1.29 is 18.3 Å². The summed E-state index contributed by atoms with van der Waals surface area (Å²) in [7, 11) is 0. The Morgan fingerprint density at radius 3 is 2.70 bits per heavy atom. The number of para-hydroxylation sites is 2. The van der Waals surface area contributed by atoms with Crippen LogP contribution < -0.4 is 15.6 Å². The minimum atomic E-state index is -3.04. The van der Waals surface area contributed by atoms with Gasteiger partial charge in [-0.15, -0.1) is 0 Å². The van der Waals surface area contributed by atoms with Gasteiger partial charge in [-0.1, -0.05) is 18.2 Å². The van der Waals surface area contributed by atoms with E-state index in [-0.39, 0.29) is 39.4 Å². The average molecular weight is 409 g/mol. The van der Waals surface area contributed by atoms with Gasteiger partial charge in [-0.25, -0.2) is 9.97 Å². The highest BCUT2D eigenvalue weighted by Crippen LogP contribution is 2.30. The number of amides is 1. The Labute approximate surface area is 167 Å². The van der Waals surface area contributed by atoms with Crippen molar-refractivity contribution in [2.45, 2.75) is 6.61 Å². The molecular weight excluding hydrogens is 396 g/mol. The Balaban J connectivity index is 1.81. The molecule has 2 aromatic carbocycles. The number of nitrogens with one attached hydrogen (secondary N) is 2. The standard InChI is InChI=1S/C20H13F2N5O3/c21-20(22)30-15-7-2-1-4-11(15)17-26-16-12(18(28)27-17)5-3-6-13(16)25-19(29)14-10-23-8-9-24-14/h1-10,20H,(H,25,29)(H,26,27,28). The number of hydrogen-bond donors (Lipinski definition) is 2. The van der Waals surface area contributed by atoms with E-state index in [4.69, 9.17) is 0 Å². The summed E-state index contributed by atoms with van der Waals surface area (Å²) in [5.41, 5.74) is 0.183. The van der Waals surface area contributed by atoms with Crippen molar-refractivity contribution in [3.05, 3.63) is 77.1 Å². The van der Waals surface area contributed by atoms with Crippen LogP contribution in [0.2, 0.25) is 0 Å². The zero-order chi connectivity index (χ0) is 21.1. The van der Waals surface area contributed by atoms with Crippen LogP contribution in [0.5, 0.6) is 5.75 Å². The molecule has 0 spiro atoms. The fourth-order valence-corrected chi connectivity index (χ4v) is 2.85. The molecule has 0 bridgehead atoms. The first-order chi connectivity index (χ1) is 14.5. The Morgan fingerprint density at radius 1 is 1.10 bits per heavy atom. The molecule has 30 heavy (non-hydrogen) atoms. The molecule has 0 atom stereocenters. The van der Waals surface area contributed by atoms with E-state index < -0.39 is 18.1 Å². The maximum absolute atomic E-state index is 12.7. The van der Waals surface area contributed by atoms with E-state index in [1.54, 1.807) is 18.2 Å². The molecule has 0 aliphatic carbocycles. The quantitative estimate of drug-likeness (QED) is 0.524. The fraction of sp³-hybridized carbons (Fsp3) is 0.0500. The summed E-state index contributed by atoms with van der Waals surface area (Å²) in [4.78, 5) is 39.8. The number of nitrogens with zero attached hydrogens (tertiary/aromatic N) is 3. The third kappa shape index (κ3) is 3.83. The van der Waals surface area contributed by atoms with Crippen LogP contribution in [0, 0.1) is 0 Å². The molecule has 0 aliphatic heterocycles. The number of fused-ring (bicyclic) bond motifs is 1. The van der Waals surface area contributed by atoms with Gasteiger partial charge in [-0.3, -0.25) is 14.6 Å². The number of aromatic nitrogens is 4.